The number of ether oxygens (including phenoxy) is 3. The smallest absolute Gasteiger partial charge is 0.195 e. The molecular weight excluding hydrogens is 416 g/mol. The fraction of sp³-hybridized carbons (Fsp3) is 0.700. The van der Waals surface area contributed by atoms with Crippen molar-refractivity contribution in [1.29, 1.82) is 0 Å². The molecule has 2 aliphatic heterocycles. The van der Waals surface area contributed by atoms with E-state index in [0.29, 0.717) is 6.42 Å². The fourth-order valence-electron chi connectivity index (χ4n) is 3.78. The van der Waals surface area contributed by atoms with E-state index in [9.17, 15) is 40.9 Å². The zero-order valence-corrected chi connectivity index (χ0v) is 16.7. The van der Waals surface area contributed by atoms with Crippen LogP contribution in [0.1, 0.15) is 12.0 Å². The predicted octanol–water partition coefficient (Wildman–Crippen LogP) is -3.39. The summed E-state index contributed by atoms with van der Waals surface area (Å²) < 4.78 is 16.1. The van der Waals surface area contributed by atoms with E-state index in [1.165, 1.54) is 0 Å². The fourth-order valence-corrected chi connectivity index (χ4v) is 3.78. The van der Waals surface area contributed by atoms with Gasteiger partial charge in [-0.2, -0.15) is 0 Å². The van der Waals surface area contributed by atoms with Gasteiger partial charge in [-0.25, -0.2) is 0 Å². The quantitative estimate of drug-likeness (QED) is 0.208. The van der Waals surface area contributed by atoms with Gasteiger partial charge < -0.3 is 55.1 Å². The molecule has 0 bridgehead atoms. The SMILES string of the molecule is OC[C@H]1O[C@@H](OC[C@H]2OC(O)(CCc3ccccc3)[C@H](O)[C@@H](O)[C@@H]2O)[C@H](O)[C@@H](O)[C@@H]1O. The molecule has 0 radical (unpaired) electrons. The van der Waals surface area contributed by atoms with Crippen LogP contribution in [0.2, 0.25) is 0 Å². The summed E-state index contributed by atoms with van der Waals surface area (Å²) in [6.45, 7) is -1.14. The topological polar surface area (TPSA) is 190 Å². The Morgan fingerprint density at radius 3 is 2.13 bits per heavy atom. The van der Waals surface area contributed by atoms with Crippen molar-refractivity contribution in [3.05, 3.63) is 35.9 Å². The van der Waals surface area contributed by atoms with Gasteiger partial charge >= 0.3 is 0 Å². The van der Waals surface area contributed by atoms with E-state index in [4.69, 9.17) is 14.2 Å². The standard InChI is InChI=1S/C20H30O11/c21-8-11-13(22)15(24)17(26)19(30-11)29-9-12-14(23)16(25)18(27)20(28,31-12)7-6-10-4-2-1-3-5-10/h1-5,11-19,21-28H,6-9H2/t11-,12-,13-,14-,15+,16+,17-,18-,19-,20?/m1/s1. The Morgan fingerprint density at radius 1 is 0.839 bits per heavy atom. The molecule has 0 aliphatic carbocycles. The van der Waals surface area contributed by atoms with E-state index >= 15 is 0 Å². The zero-order valence-electron chi connectivity index (χ0n) is 16.7. The maximum atomic E-state index is 10.8. The molecule has 0 aromatic heterocycles. The van der Waals surface area contributed by atoms with Crippen molar-refractivity contribution in [3.8, 4) is 0 Å². The second kappa shape index (κ2) is 10.1. The summed E-state index contributed by atoms with van der Waals surface area (Å²) in [7, 11) is 0. The third-order valence-electron chi connectivity index (χ3n) is 5.76. The average molecular weight is 446 g/mol. The Hall–Kier alpha value is -1.22. The summed E-state index contributed by atoms with van der Waals surface area (Å²) in [6, 6.07) is 9.10. The number of aliphatic hydroxyl groups is 8. The highest BCUT2D eigenvalue weighted by Gasteiger charge is 2.53. The number of hydrogen-bond acceptors (Lipinski definition) is 11. The molecule has 176 valence electrons. The first-order valence-electron chi connectivity index (χ1n) is 10.1. The van der Waals surface area contributed by atoms with Crippen LogP contribution < -0.4 is 0 Å². The van der Waals surface area contributed by atoms with Crippen LogP contribution in [0.4, 0.5) is 0 Å². The van der Waals surface area contributed by atoms with Crippen molar-refractivity contribution < 1.29 is 55.1 Å². The van der Waals surface area contributed by atoms with Gasteiger partial charge in [-0.1, -0.05) is 30.3 Å². The molecule has 2 aliphatic rings. The number of hydrogen-bond donors (Lipinski definition) is 8. The van der Waals surface area contributed by atoms with E-state index in [1.54, 1.807) is 0 Å². The van der Waals surface area contributed by atoms with E-state index in [0.717, 1.165) is 5.56 Å². The number of aryl methyl sites for hydroxylation is 1. The van der Waals surface area contributed by atoms with Crippen molar-refractivity contribution in [1.82, 2.24) is 0 Å². The molecule has 2 heterocycles. The molecule has 1 unspecified atom stereocenters. The Balaban J connectivity index is 1.64. The van der Waals surface area contributed by atoms with E-state index in [1.807, 2.05) is 30.3 Å². The largest absolute Gasteiger partial charge is 0.394 e. The second-order valence-corrected chi connectivity index (χ2v) is 7.94. The van der Waals surface area contributed by atoms with Gasteiger partial charge in [0.15, 0.2) is 12.1 Å². The molecular formula is C20H30O11. The van der Waals surface area contributed by atoms with Crippen molar-refractivity contribution in [2.75, 3.05) is 13.2 Å². The van der Waals surface area contributed by atoms with Crippen LogP contribution in [0.25, 0.3) is 0 Å². The maximum absolute atomic E-state index is 10.8. The first kappa shape index (κ1) is 24.4. The summed E-state index contributed by atoms with van der Waals surface area (Å²) in [5.74, 6) is -2.18. The van der Waals surface area contributed by atoms with Crippen LogP contribution in [-0.4, -0.2) is 115 Å². The lowest BCUT2D eigenvalue weighted by Crippen LogP contribution is -2.66. The van der Waals surface area contributed by atoms with Gasteiger partial charge in [0.1, 0.15) is 48.8 Å². The highest BCUT2D eigenvalue weighted by molar-refractivity contribution is 5.15. The minimum atomic E-state index is -2.18. The average Bonchev–Trinajstić information content (AvgIpc) is 2.78. The summed E-state index contributed by atoms with van der Waals surface area (Å²) in [4.78, 5) is 0. The van der Waals surface area contributed by atoms with Gasteiger partial charge in [-0.05, 0) is 12.0 Å². The van der Waals surface area contributed by atoms with Crippen molar-refractivity contribution in [2.24, 2.45) is 0 Å². The van der Waals surface area contributed by atoms with Crippen LogP contribution in [0, 0.1) is 0 Å². The van der Waals surface area contributed by atoms with Crippen molar-refractivity contribution >= 4 is 0 Å². The molecule has 1 aromatic rings. The minimum absolute atomic E-state index is 0.0848. The molecule has 0 amide bonds. The highest BCUT2D eigenvalue weighted by Crippen LogP contribution is 2.33. The van der Waals surface area contributed by atoms with Gasteiger partial charge in [-0.15, -0.1) is 0 Å². The molecule has 8 N–H and O–H groups in total. The molecule has 2 saturated heterocycles. The lowest BCUT2D eigenvalue weighted by Gasteiger charge is -2.46. The van der Waals surface area contributed by atoms with Gasteiger partial charge in [0.05, 0.1) is 13.2 Å². The van der Waals surface area contributed by atoms with Gasteiger partial charge in [0.2, 0.25) is 0 Å². The van der Waals surface area contributed by atoms with E-state index < -0.39 is 74.1 Å². The third-order valence-corrected chi connectivity index (χ3v) is 5.76. The van der Waals surface area contributed by atoms with Crippen LogP contribution in [0.15, 0.2) is 30.3 Å². The maximum Gasteiger partial charge on any atom is 0.195 e. The Labute approximate surface area is 178 Å². The van der Waals surface area contributed by atoms with Crippen LogP contribution in [0.5, 0.6) is 0 Å². The molecule has 10 atom stereocenters. The Kier molecular flexibility index (Phi) is 8.00. The Bertz CT molecular complexity index is 689. The molecule has 31 heavy (non-hydrogen) atoms. The number of rotatable bonds is 7. The lowest BCUT2D eigenvalue weighted by atomic mass is 9.89. The number of aliphatic hydroxyl groups excluding tert-OH is 7. The summed E-state index contributed by atoms with van der Waals surface area (Å²) in [5, 5.41) is 80.5. The molecule has 0 spiro atoms. The van der Waals surface area contributed by atoms with Crippen molar-refractivity contribution in [2.45, 2.75) is 73.8 Å². The summed E-state index contributed by atoms with van der Waals surface area (Å²) in [5.41, 5.74) is 0.862. The molecule has 11 heteroatoms. The molecule has 3 rings (SSSR count). The molecule has 0 saturated carbocycles. The normalized spacial score (nSPS) is 43.7. The molecule has 2 fully saturated rings. The van der Waals surface area contributed by atoms with Gasteiger partial charge in [0.25, 0.3) is 0 Å². The highest BCUT2D eigenvalue weighted by atomic mass is 16.7. The van der Waals surface area contributed by atoms with E-state index in [2.05, 4.69) is 0 Å². The Morgan fingerprint density at radius 2 is 1.48 bits per heavy atom. The third kappa shape index (κ3) is 5.24. The van der Waals surface area contributed by atoms with Crippen LogP contribution >= 0.6 is 0 Å². The summed E-state index contributed by atoms with van der Waals surface area (Å²) >= 11 is 0. The minimum Gasteiger partial charge on any atom is -0.394 e. The first-order chi connectivity index (χ1) is 14.7. The van der Waals surface area contributed by atoms with Gasteiger partial charge in [-0.3, -0.25) is 0 Å². The zero-order chi connectivity index (χ0) is 22.8. The predicted molar refractivity (Wildman–Crippen MR) is 102 cm³/mol. The van der Waals surface area contributed by atoms with E-state index in [-0.39, 0.29) is 6.42 Å². The monoisotopic (exact) mass is 446 g/mol. The van der Waals surface area contributed by atoms with Gasteiger partial charge in [0, 0.05) is 6.42 Å². The second-order valence-electron chi connectivity index (χ2n) is 7.94. The van der Waals surface area contributed by atoms with Crippen LogP contribution in [0.3, 0.4) is 0 Å². The first-order valence-corrected chi connectivity index (χ1v) is 10.1. The molecule has 1 aromatic carbocycles. The van der Waals surface area contributed by atoms with Crippen LogP contribution in [-0.2, 0) is 20.6 Å². The summed E-state index contributed by atoms with van der Waals surface area (Å²) in [6.07, 6.45) is -13.8. The number of benzene rings is 1. The molecule has 11 nitrogen and oxygen atoms in total. The lowest BCUT2D eigenvalue weighted by molar-refractivity contribution is -0.363. The van der Waals surface area contributed by atoms with Crippen molar-refractivity contribution in [3.63, 3.8) is 0 Å².